The Morgan fingerprint density at radius 3 is 2.65 bits per heavy atom. The number of amides is 1. The smallest absolute Gasteiger partial charge is 0.255 e. The maximum absolute atomic E-state index is 14.4. The lowest BCUT2D eigenvalue weighted by Gasteiger charge is -2.29. The van der Waals surface area contributed by atoms with Crippen LogP contribution in [0.2, 0.25) is 5.02 Å². The number of rotatable bonds is 11. The molecule has 43 heavy (non-hydrogen) atoms. The summed E-state index contributed by atoms with van der Waals surface area (Å²) in [6.45, 7) is 8.09. The minimum absolute atomic E-state index is 0.0767. The Hall–Kier alpha value is -4.02. The molecule has 1 unspecified atom stereocenters. The van der Waals surface area contributed by atoms with Crippen LogP contribution in [-0.4, -0.2) is 33.0 Å². The van der Waals surface area contributed by atoms with Crippen LogP contribution >= 0.6 is 23.4 Å². The highest BCUT2D eigenvalue weighted by Gasteiger charge is 2.35. The molecule has 1 aromatic heterocycles. The molecule has 0 saturated carbocycles. The van der Waals surface area contributed by atoms with E-state index in [1.807, 2.05) is 57.2 Å². The van der Waals surface area contributed by atoms with Gasteiger partial charge in [-0.3, -0.25) is 4.79 Å². The molecule has 5 rings (SSSR count). The first-order valence-corrected chi connectivity index (χ1v) is 15.4. The zero-order valence-corrected chi connectivity index (χ0v) is 26.0. The van der Waals surface area contributed by atoms with Crippen LogP contribution in [0.4, 0.5) is 16.0 Å². The molecule has 4 aromatic rings. The SMILES string of the molecule is CCCSc1nc2n(n1)C(c1ccc(OCc3c(F)cccc3Cl)c(OCC)c1)C(C(=O)Nc1cccc(C)c1)=C(C)N2. The first-order valence-electron chi connectivity index (χ1n) is 14.1. The number of carbonyl (C=O) groups excluding carboxylic acids is 1. The van der Waals surface area contributed by atoms with Crippen molar-refractivity contribution in [1.29, 1.82) is 0 Å². The Balaban J connectivity index is 1.54. The van der Waals surface area contributed by atoms with Gasteiger partial charge in [0.05, 0.1) is 17.2 Å². The Kier molecular flexibility index (Phi) is 9.57. The van der Waals surface area contributed by atoms with E-state index in [1.165, 1.54) is 6.07 Å². The second kappa shape index (κ2) is 13.5. The van der Waals surface area contributed by atoms with Crippen LogP contribution in [0.1, 0.15) is 49.9 Å². The quantitative estimate of drug-likeness (QED) is 0.165. The van der Waals surface area contributed by atoms with E-state index in [0.29, 0.717) is 46.2 Å². The fourth-order valence-electron chi connectivity index (χ4n) is 4.81. The number of benzene rings is 3. The Morgan fingerprint density at radius 2 is 1.91 bits per heavy atom. The number of nitrogens with one attached hydrogen (secondary N) is 2. The van der Waals surface area contributed by atoms with Gasteiger partial charge in [-0.1, -0.05) is 54.6 Å². The zero-order chi connectivity index (χ0) is 30.5. The third kappa shape index (κ3) is 6.81. The second-order valence-corrected chi connectivity index (χ2v) is 11.5. The summed E-state index contributed by atoms with van der Waals surface area (Å²) < 4.78 is 28.1. The van der Waals surface area contributed by atoms with Crippen molar-refractivity contribution in [2.75, 3.05) is 23.0 Å². The van der Waals surface area contributed by atoms with Gasteiger partial charge in [0.15, 0.2) is 11.5 Å². The molecule has 0 aliphatic carbocycles. The van der Waals surface area contributed by atoms with E-state index in [4.69, 9.17) is 31.2 Å². The van der Waals surface area contributed by atoms with Gasteiger partial charge < -0.3 is 20.1 Å². The molecule has 0 bridgehead atoms. The molecular weight excluding hydrogens is 589 g/mol. The van der Waals surface area contributed by atoms with Crippen LogP contribution in [-0.2, 0) is 11.4 Å². The van der Waals surface area contributed by atoms with Crippen molar-refractivity contribution in [3.05, 3.63) is 99.5 Å². The van der Waals surface area contributed by atoms with Gasteiger partial charge >= 0.3 is 0 Å². The maximum Gasteiger partial charge on any atom is 0.255 e. The van der Waals surface area contributed by atoms with E-state index in [1.54, 1.807) is 34.6 Å². The van der Waals surface area contributed by atoms with Crippen molar-refractivity contribution in [2.45, 2.75) is 51.9 Å². The summed E-state index contributed by atoms with van der Waals surface area (Å²) in [5.74, 6) is 1.57. The van der Waals surface area contributed by atoms with E-state index in [9.17, 15) is 9.18 Å². The number of thioether (sulfide) groups is 1. The molecule has 0 radical (unpaired) electrons. The van der Waals surface area contributed by atoms with Crippen LogP contribution in [0.15, 0.2) is 77.1 Å². The number of nitrogens with zero attached hydrogens (tertiary/aromatic N) is 3. The van der Waals surface area contributed by atoms with Crippen molar-refractivity contribution < 1.29 is 18.7 Å². The molecule has 1 atom stereocenters. The highest BCUT2D eigenvalue weighted by molar-refractivity contribution is 7.99. The predicted octanol–water partition coefficient (Wildman–Crippen LogP) is 7.79. The molecule has 1 aliphatic rings. The van der Waals surface area contributed by atoms with Gasteiger partial charge in [-0.2, -0.15) is 4.98 Å². The van der Waals surface area contributed by atoms with Gasteiger partial charge in [-0.15, -0.1) is 5.10 Å². The molecule has 0 saturated heterocycles. The van der Waals surface area contributed by atoms with Gasteiger partial charge in [0, 0.05) is 22.7 Å². The lowest BCUT2D eigenvalue weighted by Crippen LogP contribution is -2.31. The number of halogens is 2. The van der Waals surface area contributed by atoms with Crippen LogP contribution in [0.5, 0.6) is 11.5 Å². The number of carbonyl (C=O) groups is 1. The first-order chi connectivity index (χ1) is 20.8. The molecule has 2 N–H and O–H groups in total. The number of hydrogen-bond donors (Lipinski definition) is 2. The summed E-state index contributed by atoms with van der Waals surface area (Å²) in [5.41, 5.74) is 3.87. The molecule has 224 valence electrons. The molecule has 2 heterocycles. The lowest BCUT2D eigenvalue weighted by atomic mass is 9.94. The van der Waals surface area contributed by atoms with Gasteiger partial charge in [-0.25, -0.2) is 9.07 Å². The molecule has 8 nitrogen and oxygen atoms in total. The molecule has 3 aromatic carbocycles. The largest absolute Gasteiger partial charge is 0.490 e. The Morgan fingerprint density at radius 1 is 1.09 bits per heavy atom. The summed E-state index contributed by atoms with van der Waals surface area (Å²) >= 11 is 7.77. The maximum atomic E-state index is 14.4. The number of allylic oxidation sites excluding steroid dienone is 1. The molecule has 0 fully saturated rings. The molecule has 1 aliphatic heterocycles. The normalized spacial score (nSPS) is 14.2. The van der Waals surface area contributed by atoms with Crippen molar-refractivity contribution in [3.8, 4) is 11.5 Å². The number of hydrogen-bond acceptors (Lipinski definition) is 7. The second-order valence-electron chi connectivity index (χ2n) is 10.0. The van der Waals surface area contributed by atoms with E-state index < -0.39 is 11.9 Å². The Bertz CT molecular complexity index is 1650. The van der Waals surface area contributed by atoms with E-state index in [2.05, 4.69) is 17.6 Å². The average Bonchev–Trinajstić information content (AvgIpc) is 3.38. The summed E-state index contributed by atoms with van der Waals surface area (Å²) in [6, 6.07) is 17.0. The van der Waals surface area contributed by atoms with Crippen molar-refractivity contribution in [1.82, 2.24) is 14.8 Å². The molecule has 0 spiro atoms. The first kappa shape index (κ1) is 30.4. The molecule has 1 amide bonds. The van der Waals surface area contributed by atoms with Crippen LogP contribution in [0.25, 0.3) is 0 Å². The lowest BCUT2D eigenvalue weighted by molar-refractivity contribution is -0.113. The van der Waals surface area contributed by atoms with Gasteiger partial charge in [0.2, 0.25) is 11.1 Å². The topological polar surface area (TPSA) is 90.3 Å². The van der Waals surface area contributed by atoms with Crippen LogP contribution in [0.3, 0.4) is 0 Å². The summed E-state index contributed by atoms with van der Waals surface area (Å²) in [6.07, 6.45) is 0.976. The average molecular weight is 622 g/mol. The van der Waals surface area contributed by atoms with Crippen molar-refractivity contribution in [3.63, 3.8) is 0 Å². The molecular formula is C32H33ClFN5O3S. The highest BCUT2D eigenvalue weighted by Crippen LogP contribution is 2.40. The zero-order valence-electron chi connectivity index (χ0n) is 24.4. The van der Waals surface area contributed by atoms with E-state index in [-0.39, 0.29) is 23.1 Å². The highest BCUT2D eigenvalue weighted by atomic mass is 35.5. The minimum atomic E-state index is -0.612. The fourth-order valence-corrected chi connectivity index (χ4v) is 5.71. The predicted molar refractivity (Wildman–Crippen MR) is 169 cm³/mol. The monoisotopic (exact) mass is 621 g/mol. The van der Waals surface area contributed by atoms with Gasteiger partial charge in [-0.05, 0) is 74.7 Å². The number of aryl methyl sites for hydroxylation is 1. The van der Waals surface area contributed by atoms with Crippen molar-refractivity contribution >= 4 is 40.9 Å². The Labute approximate surface area is 259 Å². The van der Waals surface area contributed by atoms with Gasteiger partial charge in [0.1, 0.15) is 18.5 Å². The number of aromatic nitrogens is 3. The standard InChI is InChI=1S/C32H33ClFN5O3S/c1-5-15-43-32-37-31-35-20(4)28(30(40)36-22-10-7-9-19(3)16-22)29(39(31)38-32)21-13-14-26(27(17-21)41-6-2)42-18-23-24(33)11-8-12-25(23)34/h7-14,16-17,29H,5-6,15,18H2,1-4H3,(H,36,40)(H,35,37,38). The summed E-state index contributed by atoms with van der Waals surface area (Å²) in [7, 11) is 0. The third-order valence-electron chi connectivity index (χ3n) is 6.81. The van der Waals surface area contributed by atoms with Crippen molar-refractivity contribution in [2.24, 2.45) is 0 Å². The number of fused-ring (bicyclic) bond motifs is 1. The summed E-state index contributed by atoms with van der Waals surface area (Å²) in [4.78, 5) is 18.6. The van der Waals surface area contributed by atoms with Gasteiger partial charge in [0.25, 0.3) is 5.91 Å². The molecule has 11 heteroatoms. The van der Waals surface area contributed by atoms with E-state index >= 15 is 0 Å². The van der Waals surface area contributed by atoms with E-state index in [0.717, 1.165) is 23.3 Å². The number of ether oxygens (including phenoxy) is 2. The van der Waals surface area contributed by atoms with Crippen LogP contribution < -0.4 is 20.1 Å². The minimum Gasteiger partial charge on any atom is -0.490 e. The van der Waals surface area contributed by atoms with Crippen LogP contribution in [0, 0.1) is 12.7 Å². The fraction of sp³-hybridized carbons (Fsp3) is 0.281. The summed E-state index contributed by atoms with van der Waals surface area (Å²) in [5, 5.41) is 12.0. The number of anilines is 2. The third-order valence-corrected chi connectivity index (χ3v) is 8.20.